The number of rotatable bonds is 5. The molecule has 0 saturated heterocycles. The fourth-order valence-electron chi connectivity index (χ4n) is 1.29. The van der Waals surface area contributed by atoms with Crippen molar-refractivity contribution >= 4 is 21.2 Å². The molecule has 0 aliphatic rings. The summed E-state index contributed by atoms with van der Waals surface area (Å²) in [4.78, 5) is 5.71. The van der Waals surface area contributed by atoms with Gasteiger partial charge in [0.1, 0.15) is 0 Å². The highest BCUT2D eigenvalue weighted by Crippen LogP contribution is 2.19. The van der Waals surface area contributed by atoms with Gasteiger partial charge in [-0.25, -0.2) is 8.42 Å². The molecule has 0 saturated carbocycles. The molecule has 0 bridgehead atoms. The Labute approximate surface area is 96.2 Å². The van der Waals surface area contributed by atoms with Crippen molar-refractivity contribution in [3.63, 3.8) is 0 Å². The standard InChI is InChI=1S/C10H17N3O2S/c1-3-16(14,15)7-6-13(2)10-4-5-12-8-9(10)11/h4-5,8H,3,6-7,11H2,1-2H3. The minimum atomic E-state index is -2.93. The first-order valence-electron chi connectivity index (χ1n) is 5.07. The van der Waals surface area contributed by atoms with E-state index in [4.69, 9.17) is 5.73 Å². The third kappa shape index (κ3) is 3.37. The Morgan fingerprint density at radius 3 is 2.75 bits per heavy atom. The lowest BCUT2D eigenvalue weighted by Gasteiger charge is -2.20. The summed E-state index contributed by atoms with van der Waals surface area (Å²) in [7, 11) is -1.12. The van der Waals surface area contributed by atoms with Crippen molar-refractivity contribution in [2.45, 2.75) is 6.92 Å². The van der Waals surface area contributed by atoms with Crippen LogP contribution in [0.3, 0.4) is 0 Å². The number of nitrogens with two attached hydrogens (primary N) is 1. The van der Waals surface area contributed by atoms with Crippen molar-refractivity contribution in [1.82, 2.24) is 4.98 Å². The summed E-state index contributed by atoms with van der Waals surface area (Å²) in [6.07, 6.45) is 3.19. The first-order chi connectivity index (χ1) is 7.46. The molecule has 0 aromatic carbocycles. The predicted octanol–water partition coefficient (Wildman–Crippen LogP) is 0.535. The zero-order valence-electron chi connectivity index (χ0n) is 9.55. The summed E-state index contributed by atoms with van der Waals surface area (Å²) >= 11 is 0. The summed E-state index contributed by atoms with van der Waals surface area (Å²) in [6.45, 7) is 2.08. The Hall–Kier alpha value is -1.30. The van der Waals surface area contributed by atoms with E-state index < -0.39 is 9.84 Å². The topological polar surface area (TPSA) is 76.3 Å². The summed E-state index contributed by atoms with van der Waals surface area (Å²) in [6, 6.07) is 1.77. The van der Waals surface area contributed by atoms with Gasteiger partial charge in [0, 0.05) is 25.5 Å². The predicted molar refractivity (Wildman–Crippen MR) is 66.2 cm³/mol. The molecule has 16 heavy (non-hydrogen) atoms. The number of sulfone groups is 1. The maximum absolute atomic E-state index is 11.3. The number of aromatic nitrogens is 1. The average Bonchev–Trinajstić information content (AvgIpc) is 2.27. The van der Waals surface area contributed by atoms with E-state index in [9.17, 15) is 8.42 Å². The number of hydrogen-bond acceptors (Lipinski definition) is 5. The first kappa shape index (κ1) is 12.8. The maximum Gasteiger partial charge on any atom is 0.151 e. The minimum Gasteiger partial charge on any atom is -0.396 e. The molecule has 0 aliphatic heterocycles. The Morgan fingerprint density at radius 2 is 2.19 bits per heavy atom. The molecule has 1 aromatic heterocycles. The normalized spacial score (nSPS) is 11.4. The lowest BCUT2D eigenvalue weighted by atomic mass is 10.3. The van der Waals surface area contributed by atoms with Gasteiger partial charge in [0.2, 0.25) is 0 Å². The summed E-state index contributed by atoms with van der Waals surface area (Å²) in [5, 5.41) is 0. The second kappa shape index (κ2) is 5.16. The van der Waals surface area contributed by atoms with Crippen LogP contribution in [0.5, 0.6) is 0 Å². The monoisotopic (exact) mass is 243 g/mol. The van der Waals surface area contributed by atoms with Crippen LogP contribution in [0.1, 0.15) is 6.92 Å². The third-order valence-corrected chi connectivity index (χ3v) is 4.10. The summed E-state index contributed by atoms with van der Waals surface area (Å²) in [5.41, 5.74) is 7.10. The van der Waals surface area contributed by atoms with Gasteiger partial charge in [-0.1, -0.05) is 6.92 Å². The van der Waals surface area contributed by atoms with Crippen LogP contribution in [0, 0.1) is 0 Å². The van der Waals surface area contributed by atoms with Gasteiger partial charge < -0.3 is 10.6 Å². The molecule has 1 rings (SSSR count). The van der Waals surface area contributed by atoms with Gasteiger partial charge in [-0.3, -0.25) is 4.98 Å². The second-order valence-corrected chi connectivity index (χ2v) is 6.07. The van der Waals surface area contributed by atoms with E-state index in [0.717, 1.165) is 5.69 Å². The van der Waals surface area contributed by atoms with Gasteiger partial charge >= 0.3 is 0 Å². The largest absolute Gasteiger partial charge is 0.396 e. The SMILES string of the molecule is CCS(=O)(=O)CCN(C)c1ccncc1N. The van der Waals surface area contributed by atoms with Crippen molar-refractivity contribution in [3.8, 4) is 0 Å². The smallest absolute Gasteiger partial charge is 0.151 e. The van der Waals surface area contributed by atoms with Crippen molar-refractivity contribution in [1.29, 1.82) is 0 Å². The molecule has 1 aromatic rings. The first-order valence-corrected chi connectivity index (χ1v) is 6.89. The van der Waals surface area contributed by atoms with Crippen LogP contribution in [0.4, 0.5) is 11.4 Å². The molecule has 1 heterocycles. The van der Waals surface area contributed by atoms with Gasteiger partial charge in [-0.05, 0) is 6.07 Å². The van der Waals surface area contributed by atoms with Crippen LogP contribution in [0.25, 0.3) is 0 Å². The zero-order chi connectivity index (χ0) is 12.2. The Morgan fingerprint density at radius 1 is 1.50 bits per heavy atom. The maximum atomic E-state index is 11.3. The highest BCUT2D eigenvalue weighted by molar-refractivity contribution is 7.91. The van der Waals surface area contributed by atoms with E-state index in [1.165, 1.54) is 0 Å². The van der Waals surface area contributed by atoms with E-state index >= 15 is 0 Å². The van der Waals surface area contributed by atoms with Crippen LogP contribution < -0.4 is 10.6 Å². The number of anilines is 2. The van der Waals surface area contributed by atoms with Gasteiger partial charge in [-0.15, -0.1) is 0 Å². The molecule has 0 unspecified atom stereocenters. The molecule has 0 amide bonds. The van der Waals surface area contributed by atoms with Crippen LogP contribution in [0.15, 0.2) is 18.5 Å². The molecule has 2 N–H and O–H groups in total. The van der Waals surface area contributed by atoms with Crippen LogP contribution in [-0.4, -0.2) is 38.5 Å². The molecular weight excluding hydrogens is 226 g/mol. The minimum absolute atomic E-state index is 0.141. The third-order valence-electron chi connectivity index (χ3n) is 2.42. The van der Waals surface area contributed by atoms with E-state index in [-0.39, 0.29) is 11.5 Å². The summed E-state index contributed by atoms with van der Waals surface area (Å²) < 4.78 is 22.7. The fraction of sp³-hybridized carbons (Fsp3) is 0.500. The van der Waals surface area contributed by atoms with Crippen LogP contribution >= 0.6 is 0 Å². The van der Waals surface area contributed by atoms with Crippen LogP contribution in [-0.2, 0) is 9.84 Å². The number of nitrogens with zero attached hydrogens (tertiary/aromatic N) is 2. The summed E-state index contributed by atoms with van der Waals surface area (Å²) in [5.74, 6) is 0.314. The van der Waals surface area contributed by atoms with Gasteiger partial charge in [-0.2, -0.15) is 0 Å². The molecule has 0 aliphatic carbocycles. The van der Waals surface area contributed by atoms with Gasteiger partial charge in [0.05, 0.1) is 23.3 Å². The molecule has 0 fully saturated rings. The lowest BCUT2D eigenvalue weighted by Crippen LogP contribution is -2.26. The number of pyridine rings is 1. The van der Waals surface area contributed by atoms with Crippen molar-refractivity contribution in [2.75, 3.05) is 35.7 Å². The molecule has 0 spiro atoms. The lowest BCUT2D eigenvalue weighted by molar-refractivity contribution is 0.596. The van der Waals surface area contributed by atoms with E-state index in [1.807, 2.05) is 11.9 Å². The van der Waals surface area contributed by atoms with Crippen LogP contribution in [0.2, 0.25) is 0 Å². The number of nitrogen functional groups attached to an aromatic ring is 1. The highest BCUT2D eigenvalue weighted by Gasteiger charge is 2.11. The van der Waals surface area contributed by atoms with E-state index in [2.05, 4.69) is 4.98 Å². The van der Waals surface area contributed by atoms with Gasteiger partial charge in [0.25, 0.3) is 0 Å². The van der Waals surface area contributed by atoms with Crippen molar-refractivity contribution < 1.29 is 8.42 Å². The molecule has 5 nitrogen and oxygen atoms in total. The zero-order valence-corrected chi connectivity index (χ0v) is 10.4. The molecule has 90 valence electrons. The number of hydrogen-bond donors (Lipinski definition) is 1. The average molecular weight is 243 g/mol. The quantitative estimate of drug-likeness (QED) is 0.816. The Balaban J connectivity index is 2.67. The Kier molecular flexibility index (Phi) is 4.12. The van der Waals surface area contributed by atoms with Crippen molar-refractivity contribution in [3.05, 3.63) is 18.5 Å². The van der Waals surface area contributed by atoms with Gasteiger partial charge in [0.15, 0.2) is 9.84 Å². The van der Waals surface area contributed by atoms with E-state index in [0.29, 0.717) is 12.2 Å². The second-order valence-electron chi connectivity index (χ2n) is 3.59. The molecular formula is C10H17N3O2S. The molecule has 0 radical (unpaired) electrons. The van der Waals surface area contributed by atoms with Crippen molar-refractivity contribution in [2.24, 2.45) is 0 Å². The molecule has 0 atom stereocenters. The van der Waals surface area contributed by atoms with E-state index in [1.54, 1.807) is 25.4 Å². The highest BCUT2D eigenvalue weighted by atomic mass is 32.2. The fourth-order valence-corrected chi connectivity index (χ4v) is 2.13. The molecule has 6 heteroatoms. The Bertz CT molecular complexity index is 445.